The van der Waals surface area contributed by atoms with Gasteiger partial charge in [0.2, 0.25) is 5.91 Å². The third-order valence-corrected chi connectivity index (χ3v) is 6.34. The van der Waals surface area contributed by atoms with E-state index in [0.717, 1.165) is 24.7 Å². The highest BCUT2D eigenvalue weighted by molar-refractivity contribution is 7.91. The standard InChI is InChI=1S/C12H19NO3S/c14-12(11-4-9-3-10(9)5-11)13-6-8-1-2-17(15,16)7-8/h8-11H,1-7H2,(H,13,14). The maximum absolute atomic E-state index is 11.9. The van der Waals surface area contributed by atoms with Crippen LogP contribution < -0.4 is 5.32 Å². The van der Waals surface area contributed by atoms with Gasteiger partial charge in [0.25, 0.3) is 0 Å². The first-order chi connectivity index (χ1) is 8.03. The van der Waals surface area contributed by atoms with Gasteiger partial charge in [-0.1, -0.05) is 0 Å². The Morgan fingerprint density at radius 2 is 1.88 bits per heavy atom. The van der Waals surface area contributed by atoms with Gasteiger partial charge in [0.05, 0.1) is 11.5 Å². The van der Waals surface area contributed by atoms with Crippen LogP contribution in [-0.2, 0) is 14.6 Å². The van der Waals surface area contributed by atoms with Gasteiger partial charge in [-0.05, 0) is 43.4 Å². The summed E-state index contributed by atoms with van der Waals surface area (Å²) in [6, 6.07) is 0. The van der Waals surface area contributed by atoms with E-state index in [1.807, 2.05) is 0 Å². The van der Waals surface area contributed by atoms with Crippen LogP contribution in [0.5, 0.6) is 0 Å². The van der Waals surface area contributed by atoms with Crippen molar-refractivity contribution in [2.75, 3.05) is 18.1 Å². The van der Waals surface area contributed by atoms with Crippen LogP contribution >= 0.6 is 0 Å². The molecule has 0 aromatic heterocycles. The summed E-state index contributed by atoms with van der Waals surface area (Å²) < 4.78 is 22.6. The van der Waals surface area contributed by atoms with Crippen molar-refractivity contribution in [3.8, 4) is 0 Å². The van der Waals surface area contributed by atoms with E-state index in [0.29, 0.717) is 18.7 Å². The summed E-state index contributed by atoms with van der Waals surface area (Å²) in [5.74, 6) is 2.68. The van der Waals surface area contributed by atoms with Crippen molar-refractivity contribution in [2.24, 2.45) is 23.7 Å². The van der Waals surface area contributed by atoms with Crippen molar-refractivity contribution in [3.05, 3.63) is 0 Å². The van der Waals surface area contributed by atoms with Crippen LogP contribution in [0, 0.1) is 23.7 Å². The minimum atomic E-state index is -2.82. The van der Waals surface area contributed by atoms with E-state index in [1.165, 1.54) is 6.42 Å². The van der Waals surface area contributed by atoms with Gasteiger partial charge < -0.3 is 5.32 Å². The second kappa shape index (κ2) is 3.97. The quantitative estimate of drug-likeness (QED) is 0.804. The largest absolute Gasteiger partial charge is 0.356 e. The summed E-state index contributed by atoms with van der Waals surface area (Å²) in [6.07, 6.45) is 4.14. The summed E-state index contributed by atoms with van der Waals surface area (Å²) in [4.78, 5) is 11.9. The van der Waals surface area contributed by atoms with E-state index >= 15 is 0 Å². The summed E-state index contributed by atoms with van der Waals surface area (Å²) in [6.45, 7) is 0.546. The lowest BCUT2D eigenvalue weighted by molar-refractivity contribution is -0.125. The van der Waals surface area contributed by atoms with Crippen LogP contribution in [0.2, 0.25) is 0 Å². The van der Waals surface area contributed by atoms with Gasteiger partial charge in [-0.15, -0.1) is 0 Å². The molecule has 1 amide bonds. The Hall–Kier alpha value is -0.580. The molecule has 0 spiro atoms. The molecule has 17 heavy (non-hydrogen) atoms. The molecule has 2 saturated carbocycles. The van der Waals surface area contributed by atoms with Gasteiger partial charge >= 0.3 is 0 Å². The molecule has 0 bridgehead atoms. The number of sulfone groups is 1. The molecule has 0 aromatic carbocycles. The second-order valence-corrected chi connectivity index (χ2v) is 8.17. The molecule has 0 radical (unpaired) electrons. The maximum Gasteiger partial charge on any atom is 0.223 e. The first-order valence-electron chi connectivity index (χ1n) is 6.51. The van der Waals surface area contributed by atoms with E-state index in [9.17, 15) is 13.2 Å². The molecule has 2 aliphatic carbocycles. The lowest BCUT2D eigenvalue weighted by atomic mass is 10.0. The highest BCUT2D eigenvalue weighted by Gasteiger charge is 2.48. The van der Waals surface area contributed by atoms with Crippen molar-refractivity contribution in [1.29, 1.82) is 0 Å². The van der Waals surface area contributed by atoms with Gasteiger partial charge in [0.15, 0.2) is 9.84 Å². The molecule has 3 aliphatic rings. The summed E-state index contributed by atoms with van der Waals surface area (Å²) in [7, 11) is -2.82. The lowest BCUT2D eigenvalue weighted by Crippen LogP contribution is -2.34. The first kappa shape index (κ1) is 11.5. The average Bonchev–Trinajstić information content (AvgIpc) is 2.71. The van der Waals surface area contributed by atoms with Crippen molar-refractivity contribution in [3.63, 3.8) is 0 Å². The molecule has 3 atom stereocenters. The Balaban J connectivity index is 1.44. The normalized spacial score (nSPS) is 42.1. The molecular weight excluding hydrogens is 238 g/mol. The molecule has 1 aliphatic heterocycles. The fraction of sp³-hybridized carbons (Fsp3) is 0.917. The van der Waals surface area contributed by atoms with Crippen molar-refractivity contribution >= 4 is 15.7 Å². The van der Waals surface area contributed by atoms with Gasteiger partial charge in [0.1, 0.15) is 0 Å². The van der Waals surface area contributed by atoms with Crippen LogP contribution in [0.25, 0.3) is 0 Å². The number of nitrogens with one attached hydrogen (secondary N) is 1. The number of carbonyl (C=O) groups is 1. The van der Waals surface area contributed by atoms with Gasteiger partial charge in [0, 0.05) is 12.5 Å². The molecule has 4 nitrogen and oxygen atoms in total. The summed E-state index contributed by atoms with van der Waals surface area (Å²) in [5.41, 5.74) is 0. The van der Waals surface area contributed by atoms with E-state index < -0.39 is 9.84 Å². The molecule has 96 valence electrons. The molecule has 3 fully saturated rings. The Kier molecular flexibility index (Phi) is 2.69. The van der Waals surface area contributed by atoms with Gasteiger partial charge in [-0.2, -0.15) is 0 Å². The number of hydrogen-bond donors (Lipinski definition) is 1. The molecule has 3 unspecified atom stereocenters. The Morgan fingerprint density at radius 1 is 1.18 bits per heavy atom. The van der Waals surface area contributed by atoms with Gasteiger partial charge in [-0.3, -0.25) is 4.79 Å². The third kappa shape index (κ3) is 2.49. The maximum atomic E-state index is 11.9. The Bertz CT molecular complexity index is 421. The second-order valence-electron chi connectivity index (χ2n) is 5.94. The zero-order valence-electron chi connectivity index (χ0n) is 9.89. The van der Waals surface area contributed by atoms with Crippen LogP contribution in [0.3, 0.4) is 0 Å². The predicted molar refractivity (Wildman–Crippen MR) is 64.1 cm³/mol. The fourth-order valence-electron chi connectivity index (χ4n) is 3.35. The van der Waals surface area contributed by atoms with Crippen molar-refractivity contribution < 1.29 is 13.2 Å². The molecule has 1 N–H and O–H groups in total. The molecular formula is C12H19NO3S. The first-order valence-corrected chi connectivity index (χ1v) is 8.34. The monoisotopic (exact) mass is 257 g/mol. The number of rotatable bonds is 3. The zero-order chi connectivity index (χ0) is 12.0. The molecule has 0 aromatic rings. The molecule has 5 heteroatoms. The topological polar surface area (TPSA) is 63.2 Å². The average molecular weight is 257 g/mol. The zero-order valence-corrected chi connectivity index (χ0v) is 10.7. The Morgan fingerprint density at radius 3 is 2.47 bits per heavy atom. The minimum absolute atomic E-state index is 0.139. The smallest absolute Gasteiger partial charge is 0.223 e. The van der Waals surface area contributed by atoms with E-state index in [2.05, 4.69) is 5.32 Å². The highest BCUT2D eigenvalue weighted by Crippen LogP contribution is 2.54. The van der Waals surface area contributed by atoms with E-state index in [1.54, 1.807) is 0 Å². The van der Waals surface area contributed by atoms with E-state index in [-0.39, 0.29) is 23.5 Å². The number of fused-ring (bicyclic) bond motifs is 1. The molecule has 1 saturated heterocycles. The van der Waals surface area contributed by atoms with Gasteiger partial charge in [-0.25, -0.2) is 8.42 Å². The Labute approximate surface area is 102 Å². The van der Waals surface area contributed by atoms with Crippen LogP contribution in [-0.4, -0.2) is 32.4 Å². The van der Waals surface area contributed by atoms with Crippen LogP contribution in [0.4, 0.5) is 0 Å². The number of hydrogen-bond acceptors (Lipinski definition) is 3. The SMILES string of the molecule is O=C(NCC1CCS(=O)(=O)C1)C1CC2CC2C1. The third-order valence-electron chi connectivity index (χ3n) is 4.51. The van der Waals surface area contributed by atoms with Crippen molar-refractivity contribution in [2.45, 2.75) is 25.7 Å². The predicted octanol–water partition coefficient (Wildman–Crippen LogP) is 0.583. The summed E-state index contributed by atoms with van der Waals surface area (Å²) >= 11 is 0. The summed E-state index contributed by atoms with van der Waals surface area (Å²) in [5, 5.41) is 2.94. The number of amides is 1. The highest BCUT2D eigenvalue weighted by atomic mass is 32.2. The molecule has 1 heterocycles. The van der Waals surface area contributed by atoms with Crippen LogP contribution in [0.15, 0.2) is 0 Å². The lowest BCUT2D eigenvalue weighted by Gasteiger charge is -2.14. The minimum Gasteiger partial charge on any atom is -0.356 e. The fourth-order valence-corrected chi connectivity index (χ4v) is 5.21. The van der Waals surface area contributed by atoms with Crippen LogP contribution in [0.1, 0.15) is 25.7 Å². The van der Waals surface area contributed by atoms with E-state index in [4.69, 9.17) is 0 Å². The van der Waals surface area contributed by atoms with Crippen molar-refractivity contribution in [1.82, 2.24) is 5.32 Å². The molecule has 3 rings (SSSR count). The number of carbonyl (C=O) groups excluding carboxylic acids is 1.